The third-order valence-electron chi connectivity index (χ3n) is 3.68. The number of benzene rings is 2. The molecule has 1 nitrogen and oxygen atoms in total. The van der Waals surface area contributed by atoms with Gasteiger partial charge >= 0.3 is 0 Å². The zero-order chi connectivity index (χ0) is 14.6. The van der Waals surface area contributed by atoms with Gasteiger partial charge in [-0.15, -0.1) is 0 Å². The zero-order valence-corrected chi connectivity index (χ0v) is 13.0. The largest absolute Gasteiger partial charge is 0.381 e. The van der Waals surface area contributed by atoms with Gasteiger partial charge in [-0.3, -0.25) is 0 Å². The number of nitrogens with one attached hydrogen (secondary N) is 1. The van der Waals surface area contributed by atoms with Gasteiger partial charge in [0, 0.05) is 12.2 Å². The number of rotatable bonds is 4. The Morgan fingerprint density at radius 1 is 0.800 bits per heavy atom. The fourth-order valence-corrected chi connectivity index (χ4v) is 2.19. The molecular weight excluding hydrogens is 242 g/mol. The van der Waals surface area contributed by atoms with Gasteiger partial charge in [0.1, 0.15) is 0 Å². The van der Waals surface area contributed by atoms with Crippen LogP contribution in [0.1, 0.15) is 44.4 Å². The molecule has 0 saturated heterocycles. The van der Waals surface area contributed by atoms with E-state index in [1.54, 1.807) is 0 Å². The first kappa shape index (κ1) is 14.6. The molecule has 0 bridgehead atoms. The highest BCUT2D eigenvalue weighted by atomic mass is 14.9. The van der Waals surface area contributed by atoms with E-state index in [-0.39, 0.29) is 5.41 Å². The van der Waals surface area contributed by atoms with E-state index in [1.165, 1.54) is 22.4 Å². The molecule has 0 saturated carbocycles. The fraction of sp³-hybridized carbons (Fsp3) is 0.368. The predicted octanol–water partition coefficient (Wildman–Crippen LogP) is 5.16. The summed E-state index contributed by atoms with van der Waals surface area (Å²) in [4.78, 5) is 0. The molecule has 20 heavy (non-hydrogen) atoms. The summed E-state index contributed by atoms with van der Waals surface area (Å²) < 4.78 is 0. The molecule has 0 fully saturated rings. The molecule has 1 N–H and O–H groups in total. The Hall–Kier alpha value is -1.76. The molecular formula is C19H25N. The van der Waals surface area contributed by atoms with Crippen LogP contribution in [0.4, 0.5) is 5.69 Å². The molecule has 0 amide bonds. The van der Waals surface area contributed by atoms with Gasteiger partial charge in [0.2, 0.25) is 0 Å². The molecule has 2 rings (SSSR count). The van der Waals surface area contributed by atoms with Crippen LogP contribution in [0.25, 0.3) is 0 Å². The summed E-state index contributed by atoms with van der Waals surface area (Å²) in [5, 5.41) is 3.47. The SMILES string of the molecule is CCc1ccc(NCc2ccc(C(C)(C)C)cc2)cc1. The summed E-state index contributed by atoms with van der Waals surface area (Å²) in [5.74, 6) is 0. The Bertz CT molecular complexity index is 529. The lowest BCUT2D eigenvalue weighted by Gasteiger charge is -2.19. The average molecular weight is 267 g/mol. The summed E-state index contributed by atoms with van der Waals surface area (Å²) in [7, 11) is 0. The lowest BCUT2D eigenvalue weighted by Crippen LogP contribution is -2.11. The van der Waals surface area contributed by atoms with Gasteiger partial charge in [0.05, 0.1) is 0 Å². The molecule has 0 aliphatic rings. The van der Waals surface area contributed by atoms with E-state index in [4.69, 9.17) is 0 Å². The summed E-state index contributed by atoms with van der Waals surface area (Å²) in [6.45, 7) is 9.79. The van der Waals surface area contributed by atoms with Gasteiger partial charge in [0.25, 0.3) is 0 Å². The van der Waals surface area contributed by atoms with Crippen molar-refractivity contribution in [2.45, 2.75) is 46.1 Å². The van der Waals surface area contributed by atoms with Crippen molar-refractivity contribution in [3.05, 3.63) is 65.2 Å². The van der Waals surface area contributed by atoms with E-state index in [2.05, 4.69) is 81.5 Å². The van der Waals surface area contributed by atoms with Crippen LogP contribution in [-0.2, 0) is 18.4 Å². The smallest absolute Gasteiger partial charge is 0.0400 e. The summed E-state index contributed by atoms with van der Waals surface area (Å²) in [6, 6.07) is 17.6. The third-order valence-corrected chi connectivity index (χ3v) is 3.68. The normalized spacial score (nSPS) is 11.4. The molecule has 106 valence electrons. The molecule has 0 radical (unpaired) electrons. The molecule has 2 aromatic rings. The van der Waals surface area contributed by atoms with Crippen molar-refractivity contribution in [3.63, 3.8) is 0 Å². The van der Waals surface area contributed by atoms with Crippen molar-refractivity contribution < 1.29 is 0 Å². The summed E-state index contributed by atoms with van der Waals surface area (Å²) in [5.41, 5.74) is 5.49. The third kappa shape index (κ3) is 3.86. The molecule has 1 heteroatoms. The Kier molecular flexibility index (Phi) is 4.49. The van der Waals surface area contributed by atoms with Crippen molar-refractivity contribution >= 4 is 5.69 Å². The van der Waals surface area contributed by atoms with Crippen LogP contribution >= 0.6 is 0 Å². The van der Waals surface area contributed by atoms with Crippen LogP contribution in [0.3, 0.4) is 0 Å². The van der Waals surface area contributed by atoms with Crippen molar-refractivity contribution in [2.24, 2.45) is 0 Å². The number of hydrogen-bond donors (Lipinski definition) is 1. The Balaban J connectivity index is 1.96. The molecule has 0 aliphatic carbocycles. The van der Waals surface area contributed by atoms with Gasteiger partial charge in [0.15, 0.2) is 0 Å². The lowest BCUT2D eigenvalue weighted by atomic mass is 9.87. The Morgan fingerprint density at radius 3 is 1.85 bits per heavy atom. The molecule has 0 unspecified atom stereocenters. The summed E-state index contributed by atoms with van der Waals surface area (Å²) in [6.07, 6.45) is 1.09. The van der Waals surface area contributed by atoms with Gasteiger partial charge < -0.3 is 5.32 Å². The minimum Gasteiger partial charge on any atom is -0.381 e. The average Bonchev–Trinajstić information content (AvgIpc) is 2.45. The van der Waals surface area contributed by atoms with E-state index in [1.807, 2.05) is 0 Å². The van der Waals surface area contributed by atoms with E-state index in [0.717, 1.165) is 13.0 Å². The highest BCUT2D eigenvalue weighted by molar-refractivity contribution is 5.45. The Labute approximate surface area is 123 Å². The maximum Gasteiger partial charge on any atom is 0.0400 e. The first-order valence-electron chi connectivity index (χ1n) is 7.41. The first-order valence-corrected chi connectivity index (χ1v) is 7.41. The van der Waals surface area contributed by atoms with E-state index in [0.29, 0.717) is 0 Å². The monoisotopic (exact) mass is 267 g/mol. The van der Waals surface area contributed by atoms with Gasteiger partial charge in [-0.1, -0.05) is 64.1 Å². The zero-order valence-electron chi connectivity index (χ0n) is 13.0. The quantitative estimate of drug-likeness (QED) is 0.807. The van der Waals surface area contributed by atoms with Crippen LogP contribution in [0.2, 0.25) is 0 Å². The minimum absolute atomic E-state index is 0.224. The second-order valence-corrected chi connectivity index (χ2v) is 6.35. The second-order valence-electron chi connectivity index (χ2n) is 6.35. The number of hydrogen-bond acceptors (Lipinski definition) is 1. The minimum atomic E-state index is 0.224. The van der Waals surface area contributed by atoms with Gasteiger partial charge in [-0.05, 0) is 40.7 Å². The first-order chi connectivity index (χ1) is 9.49. The number of aryl methyl sites for hydroxylation is 1. The topological polar surface area (TPSA) is 12.0 Å². The van der Waals surface area contributed by atoms with Gasteiger partial charge in [-0.25, -0.2) is 0 Å². The molecule has 2 aromatic carbocycles. The molecule has 0 aliphatic heterocycles. The molecule has 0 atom stereocenters. The van der Waals surface area contributed by atoms with Crippen LogP contribution in [0.15, 0.2) is 48.5 Å². The maximum atomic E-state index is 3.47. The maximum absolute atomic E-state index is 3.47. The van der Waals surface area contributed by atoms with Crippen LogP contribution in [0, 0.1) is 0 Å². The van der Waals surface area contributed by atoms with E-state index in [9.17, 15) is 0 Å². The van der Waals surface area contributed by atoms with Crippen LogP contribution in [0.5, 0.6) is 0 Å². The van der Waals surface area contributed by atoms with Crippen molar-refractivity contribution in [2.75, 3.05) is 5.32 Å². The standard InChI is InChI=1S/C19H25N/c1-5-15-8-12-18(13-9-15)20-14-16-6-10-17(11-7-16)19(2,3)4/h6-13,20H,5,14H2,1-4H3. The predicted molar refractivity (Wildman–Crippen MR) is 88.3 cm³/mol. The van der Waals surface area contributed by atoms with Gasteiger partial charge in [-0.2, -0.15) is 0 Å². The number of anilines is 1. The van der Waals surface area contributed by atoms with Crippen molar-refractivity contribution in [3.8, 4) is 0 Å². The van der Waals surface area contributed by atoms with E-state index >= 15 is 0 Å². The van der Waals surface area contributed by atoms with Crippen molar-refractivity contribution in [1.29, 1.82) is 0 Å². The lowest BCUT2D eigenvalue weighted by molar-refractivity contribution is 0.590. The second kappa shape index (κ2) is 6.13. The summed E-state index contributed by atoms with van der Waals surface area (Å²) >= 11 is 0. The fourth-order valence-electron chi connectivity index (χ4n) is 2.19. The van der Waals surface area contributed by atoms with E-state index < -0.39 is 0 Å². The van der Waals surface area contributed by atoms with Crippen molar-refractivity contribution in [1.82, 2.24) is 0 Å². The van der Waals surface area contributed by atoms with Crippen LogP contribution in [-0.4, -0.2) is 0 Å². The van der Waals surface area contributed by atoms with Crippen LogP contribution < -0.4 is 5.32 Å². The molecule has 0 spiro atoms. The highest BCUT2D eigenvalue weighted by Crippen LogP contribution is 2.22. The molecule has 0 aromatic heterocycles. The molecule has 0 heterocycles. The highest BCUT2D eigenvalue weighted by Gasteiger charge is 2.12. The Morgan fingerprint density at radius 2 is 1.35 bits per heavy atom.